The number of hydrogen-bond donors (Lipinski definition) is 1. The van der Waals surface area contributed by atoms with Gasteiger partial charge in [0.05, 0.1) is 25.5 Å². The summed E-state index contributed by atoms with van der Waals surface area (Å²) in [5.41, 5.74) is 3.37. The number of nitrogens with zero attached hydrogens (tertiary/aromatic N) is 2. The highest BCUT2D eigenvalue weighted by molar-refractivity contribution is 9.10. The molecule has 3 aromatic carbocycles. The summed E-state index contributed by atoms with van der Waals surface area (Å²) >= 11 is 10.9. The Balaban J connectivity index is 1.42. The zero-order valence-electron chi connectivity index (χ0n) is 17.1. The molecule has 11 heteroatoms. The zero-order valence-corrected chi connectivity index (χ0v) is 20.3. The average Bonchev–Trinajstić information content (AvgIpc) is 3.23. The van der Waals surface area contributed by atoms with Gasteiger partial charge >= 0.3 is 0 Å². The summed E-state index contributed by atoms with van der Waals surface area (Å²) in [5, 5.41) is 15.8. The van der Waals surface area contributed by atoms with Gasteiger partial charge in [-0.25, -0.2) is 9.82 Å². The molecular formula is C23H14BrClFN3O4S. The summed E-state index contributed by atoms with van der Waals surface area (Å²) in [6.45, 7) is 0.00676. The van der Waals surface area contributed by atoms with Crippen molar-refractivity contribution in [3.8, 4) is 5.75 Å². The van der Waals surface area contributed by atoms with Gasteiger partial charge in [0.1, 0.15) is 12.4 Å². The average molecular weight is 563 g/mol. The predicted molar refractivity (Wildman–Crippen MR) is 133 cm³/mol. The fourth-order valence-electron chi connectivity index (χ4n) is 3.03. The van der Waals surface area contributed by atoms with E-state index in [2.05, 4.69) is 26.5 Å². The highest BCUT2D eigenvalue weighted by atomic mass is 79.9. The molecule has 0 unspecified atom stereocenters. The fraction of sp³-hybridized carbons (Fsp3) is 0.0435. The molecule has 0 aliphatic rings. The summed E-state index contributed by atoms with van der Waals surface area (Å²) < 4.78 is 20.7. The smallest absolute Gasteiger partial charge is 0.281 e. The van der Waals surface area contributed by atoms with Crippen molar-refractivity contribution in [1.29, 1.82) is 0 Å². The summed E-state index contributed by atoms with van der Waals surface area (Å²) in [6, 6.07) is 15.6. The van der Waals surface area contributed by atoms with Crippen LogP contribution in [0.25, 0.3) is 10.1 Å². The third-order valence-electron chi connectivity index (χ3n) is 4.66. The molecule has 0 radical (unpaired) electrons. The lowest BCUT2D eigenvalue weighted by molar-refractivity contribution is -0.384. The Kier molecular flexibility index (Phi) is 7.20. The number of carbonyl (C=O) groups excluding carboxylic acids is 1. The van der Waals surface area contributed by atoms with E-state index in [1.807, 2.05) is 0 Å². The molecule has 0 aliphatic carbocycles. The van der Waals surface area contributed by atoms with Gasteiger partial charge in [-0.3, -0.25) is 14.9 Å². The first-order valence-corrected chi connectivity index (χ1v) is 11.7. The lowest BCUT2D eigenvalue weighted by Crippen LogP contribution is -2.16. The minimum Gasteiger partial charge on any atom is -0.486 e. The minimum atomic E-state index is -0.485. The Labute approximate surface area is 210 Å². The lowest BCUT2D eigenvalue weighted by atomic mass is 10.2. The molecule has 0 atom stereocenters. The number of non-ortho nitro benzene ring substituents is 1. The molecule has 34 heavy (non-hydrogen) atoms. The topological polar surface area (TPSA) is 93.8 Å². The Morgan fingerprint density at radius 3 is 2.76 bits per heavy atom. The molecule has 7 nitrogen and oxygen atoms in total. The molecule has 4 aromatic rings. The van der Waals surface area contributed by atoms with E-state index < -0.39 is 10.8 Å². The Bertz CT molecular complexity index is 1420. The van der Waals surface area contributed by atoms with Crippen LogP contribution in [0.2, 0.25) is 5.02 Å². The number of fused-ring (bicyclic) bond motifs is 1. The maximum absolute atomic E-state index is 13.8. The number of carbonyl (C=O) groups is 1. The van der Waals surface area contributed by atoms with Crippen molar-refractivity contribution in [3.05, 3.63) is 102 Å². The number of benzene rings is 3. The number of nitro benzene ring substituents is 1. The van der Waals surface area contributed by atoms with Gasteiger partial charge in [0.2, 0.25) is 0 Å². The molecule has 0 spiro atoms. The summed E-state index contributed by atoms with van der Waals surface area (Å²) in [6.07, 6.45) is 1.41. The number of nitrogens with one attached hydrogen (secondary N) is 1. The van der Waals surface area contributed by atoms with Gasteiger partial charge in [-0.2, -0.15) is 5.10 Å². The van der Waals surface area contributed by atoms with Gasteiger partial charge < -0.3 is 4.74 Å². The SMILES string of the molecule is O=C(N/N=C\c1cc(Cl)c(OCc2ccccc2F)c(Br)c1)c1cc2cc([N+](=O)[O-])ccc2s1. The predicted octanol–water partition coefficient (Wildman–Crippen LogP) is 6.71. The maximum atomic E-state index is 13.8. The van der Waals surface area contributed by atoms with Crippen molar-refractivity contribution < 1.29 is 18.8 Å². The van der Waals surface area contributed by atoms with Crippen LogP contribution in [0.4, 0.5) is 10.1 Å². The van der Waals surface area contributed by atoms with Crippen molar-refractivity contribution in [1.82, 2.24) is 5.43 Å². The van der Waals surface area contributed by atoms with Crippen molar-refractivity contribution in [3.63, 3.8) is 0 Å². The third kappa shape index (κ3) is 5.41. The minimum absolute atomic E-state index is 0.00676. The summed E-state index contributed by atoms with van der Waals surface area (Å²) in [4.78, 5) is 23.2. The molecule has 1 aromatic heterocycles. The maximum Gasteiger partial charge on any atom is 0.281 e. The molecule has 1 amide bonds. The van der Waals surface area contributed by atoms with E-state index in [1.165, 1.54) is 35.8 Å². The van der Waals surface area contributed by atoms with E-state index in [1.54, 1.807) is 42.5 Å². The molecule has 172 valence electrons. The van der Waals surface area contributed by atoms with Crippen LogP contribution in [0.15, 0.2) is 70.2 Å². The first-order chi connectivity index (χ1) is 16.3. The first kappa shape index (κ1) is 23.8. The van der Waals surface area contributed by atoms with Crippen molar-refractivity contribution in [2.24, 2.45) is 5.10 Å². The number of halogens is 3. The van der Waals surface area contributed by atoms with Crippen LogP contribution in [0, 0.1) is 15.9 Å². The van der Waals surface area contributed by atoms with Crippen molar-refractivity contribution in [2.75, 3.05) is 0 Å². The molecule has 0 bridgehead atoms. The highest BCUT2D eigenvalue weighted by Crippen LogP contribution is 2.35. The second-order valence-electron chi connectivity index (χ2n) is 6.98. The van der Waals surface area contributed by atoms with Crippen molar-refractivity contribution in [2.45, 2.75) is 6.61 Å². The number of thiophene rings is 1. The first-order valence-electron chi connectivity index (χ1n) is 9.68. The van der Waals surface area contributed by atoms with Crippen molar-refractivity contribution >= 4 is 66.8 Å². The third-order valence-corrected chi connectivity index (χ3v) is 6.65. The van der Waals surface area contributed by atoms with E-state index in [9.17, 15) is 19.3 Å². The van der Waals surface area contributed by atoms with Gasteiger partial charge in [-0.05, 0) is 51.8 Å². The number of hydrazone groups is 1. The number of hydrogen-bond acceptors (Lipinski definition) is 6. The van der Waals surface area contributed by atoms with E-state index in [-0.39, 0.29) is 23.1 Å². The summed E-state index contributed by atoms with van der Waals surface area (Å²) in [5.74, 6) is -0.466. The normalized spacial score (nSPS) is 11.1. The molecule has 0 aliphatic heterocycles. The lowest BCUT2D eigenvalue weighted by Gasteiger charge is -2.11. The Morgan fingerprint density at radius 2 is 2.03 bits per heavy atom. The van der Waals surface area contributed by atoms with Crippen LogP contribution in [-0.4, -0.2) is 17.0 Å². The molecule has 0 saturated carbocycles. The molecule has 1 N–H and O–H groups in total. The Morgan fingerprint density at radius 1 is 1.24 bits per heavy atom. The molecule has 1 heterocycles. The van der Waals surface area contributed by atoms with Gasteiger partial charge in [-0.1, -0.05) is 29.8 Å². The van der Waals surface area contributed by atoms with Gasteiger partial charge in [0.25, 0.3) is 11.6 Å². The van der Waals surface area contributed by atoms with Crippen LogP contribution in [0.5, 0.6) is 5.75 Å². The highest BCUT2D eigenvalue weighted by Gasteiger charge is 2.14. The summed E-state index contributed by atoms with van der Waals surface area (Å²) in [7, 11) is 0. The molecule has 4 rings (SSSR count). The monoisotopic (exact) mass is 561 g/mol. The van der Waals surface area contributed by atoms with Gasteiger partial charge in [-0.15, -0.1) is 11.3 Å². The fourth-order valence-corrected chi connectivity index (χ4v) is 4.96. The van der Waals surface area contributed by atoms with E-state index in [4.69, 9.17) is 16.3 Å². The van der Waals surface area contributed by atoms with Crippen LogP contribution in [0.1, 0.15) is 20.8 Å². The quantitative estimate of drug-likeness (QED) is 0.154. The number of rotatable bonds is 7. The second kappa shape index (κ2) is 10.3. The largest absolute Gasteiger partial charge is 0.486 e. The van der Waals surface area contributed by atoms with E-state index >= 15 is 0 Å². The van der Waals surface area contributed by atoms with Gasteiger partial charge in [0, 0.05) is 27.8 Å². The Hall–Kier alpha value is -3.34. The van der Waals surface area contributed by atoms with Crippen LogP contribution in [-0.2, 0) is 6.61 Å². The standard InChI is InChI=1S/C23H14BrClFN3O4S/c24-17-7-13(8-18(25)22(17)33-12-14-3-1-2-4-19(14)26)11-27-28-23(30)21-10-15-9-16(29(31)32)5-6-20(15)34-21/h1-11H,12H2,(H,28,30)/b27-11-. The zero-order chi connectivity index (χ0) is 24.2. The van der Waals surface area contributed by atoms with E-state index in [0.29, 0.717) is 31.6 Å². The van der Waals surface area contributed by atoms with Crippen LogP contribution in [0.3, 0.4) is 0 Å². The second-order valence-corrected chi connectivity index (χ2v) is 9.33. The van der Waals surface area contributed by atoms with Crippen LogP contribution >= 0.6 is 38.9 Å². The number of amides is 1. The van der Waals surface area contributed by atoms with E-state index in [0.717, 1.165) is 4.70 Å². The number of nitro groups is 1. The molecule has 0 saturated heterocycles. The molecule has 0 fully saturated rings. The van der Waals surface area contributed by atoms with Crippen LogP contribution < -0.4 is 10.2 Å². The number of ether oxygens (including phenoxy) is 1. The molecular weight excluding hydrogens is 549 g/mol. The van der Waals surface area contributed by atoms with Gasteiger partial charge in [0.15, 0.2) is 5.75 Å².